The van der Waals surface area contributed by atoms with Crippen LogP contribution in [0.25, 0.3) is 5.69 Å². The molecule has 2 aromatic heterocycles. The van der Waals surface area contributed by atoms with Gasteiger partial charge in [-0.2, -0.15) is 10.2 Å². The zero-order chi connectivity index (χ0) is 13.9. The lowest BCUT2D eigenvalue weighted by Crippen LogP contribution is -2.02. The van der Waals surface area contributed by atoms with Crippen molar-refractivity contribution in [2.45, 2.75) is 6.54 Å². The molecule has 3 rings (SSSR count). The standard InChI is InChI=1S/C14H12N4O2/c19-14(20)11-8-15-17(9-11)10-12-6-7-18(16-12)13-4-2-1-3-5-13/h1-9H,10H2,(H,19,20). The van der Waals surface area contributed by atoms with Gasteiger partial charge in [0.25, 0.3) is 0 Å². The molecule has 2 heterocycles. The van der Waals surface area contributed by atoms with Crippen LogP contribution in [0.2, 0.25) is 0 Å². The van der Waals surface area contributed by atoms with E-state index in [2.05, 4.69) is 10.2 Å². The molecule has 1 N–H and O–H groups in total. The van der Waals surface area contributed by atoms with Gasteiger partial charge in [-0.05, 0) is 18.2 Å². The van der Waals surface area contributed by atoms with E-state index in [1.54, 1.807) is 9.36 Å². The predicted octanol–water partition coefficient (Wildman–Crippen LogP) is 1.82. The molecule has 0 fully saturated rings. The van der Waals surface area contributed by atoms with Crippen molar-refractivity contribution in [1.82, 2.24) is 19.6 Å². The maximum Gasteiger partial charge on any atom is 0.338 e. The molecular weight excluding hydrogens is 256 g/mol. The van der Waals surface area contributed by atoms with Gasteiger partial charge in [0.05, 0.1) is 29.7 Å². The number of hydrogen-bond acceptors (Lipinski definition) is 3. The number of carboxylic acid groups (broad SMARTS) is 1. The summed E-state index contributed by atoms with van der Waals surface area (Å²) in [5, 5.41) is 17.3. The monoisotopic (exact) mass is 268 g/mol. The number of benzene rings is 1. The van der Waals surface area contributed by atoms with Gasteiger partial charge in [0.15, 0.2) is 0 Å². The van der Waals surface area contributed by atoms with Gasteiger partial charge in [-0.1, -0.05) is 18.2 Å². The molecule has 0 saturated heterocycles. The van der Waals surface area contributed by atoms with Crippen LogP contribution in [-0.4, -0.2) is 30.6 Å². The Morgan fingerprint density at radius 2 is 2.00 bits per heavy atom. The molecule has 0 aliphatic heterocycles. The van der Waals surface area contributed by atoms with E-state index in [0.717, 1.165) is 11.4 Å². The third-order valence-electron chi connectivity index (χ3n) is 2.87. The van der Waals surface area contributed by atoms with Crippen molar-refractivity contribution in [3.8, 4) is 5.69 Å². The number of aromatic carboxylic acids is 1. The third-order valence-corrected chi connectivity index (χ3v) is 2.87. The first-order valence-corrected chi connectivity index (χ1v) is 6.08. The van der Waals surface area contributed by atoms with Crippen LogP contribution in [0.3, 0.4) is 0 Å². The first kappa shape index (κ1) is 12.2. The van der Waals surface area contributed by atoms with Crippen LogP contribution in [0.1, 0.15) is 16.1 Å². The fourth-order valence-electron chi connectivity index (χ4n) is 1.90. The molecule has 0 unspecified atom stereocenters. The largest absolute Gasteiger partial charge is 0.478 e. The average Bonchev–Trinajstić information content (AvgIpc) is 3.10. The Morgan fingerprint density at radius 1 is 1.20 bits per heavy atom. The van der Waals surface area contributed by atoms with Gasteiger partial charge < -0.3 is 5.11 Å². The summed E-state index contributed by atoms with van der Waals surface area (Å²) in [7, 11) is 0. The lowest BCUT2D eigenvalue weighted by atomic mass is 10.3. The SMILES string of the molecule is O=C(O)c1cnn(Cc2ccn(-c3ccccc3)n2)c1. The normalized spacial score (nSPS) is 10.6. The summed E-state index contributed by atoms with van der Waals surface area (Å²) in [4.78, 5) is 10.8. The smallest absolute Gasteiger partial charge is 0.338 e. The molecule has 0 amide bonds. The topological polar surface area (TPSA) is 72.9 Å². The van der Waals surface area contributed by atoms with Crippen LogP contribution in [0, 0.1) is 0 Å². The highest BCUT2D eigenvalue weighted by molar-refractivity contribution is 5.86. The molecule has 100 valence electrons. The number of hydrogen-bond donors (Lipinski definition) is 1. The predicted molar refractivity (Wildman–Crippen MR) is 71.9 cm³/mol. The third kappa shape index (κ3) is 2.44. The van der Waals surface area contributed by atoms with Crippen LogP contribution >= 0.6 is 0 Å². The van der Waals surface area contributed by atoms with Crippen molar-refractivity contribution < 1.29 is 9.90 Å². The summed E-state index contributed by atoms with van der Waals surface area (Å²) in [6.07, 6.45) is 4.69. The van der Waals surface area contributed by atoms with E-state index in [9.17, 15) is 4.79 Å². The maximum absolute atomic E-state index is 10.8. The van der Waals surface area contributed by atoms with E-state index < -0.39 is 5.97 Å². The lowest BCUT2D eigenvalue weighted by Gasteiger charge is -2.00. The summed E-state index contributed by atoms with van der Waals surface area (Å²) in [5.74, 6) is -0.980. The van der Waals surface area contributed by atoms with Gasteiger partial charge in [0.2, 0.25) is 0 Å². The van der Waals surface area contributed by atoms with Crippen LogP contribution < -0.4 is 0 Å². The van der Waals surface area contributed by atoms with Gasteiger partial charge in [-0.25, -0.2) is 9.48 Å². The number of para-hydroxylation sites is 1. The summed E-state index contributed by atoms with van der Waals surface area (Å²) >= 11 is 0. The summed E-state index contributed by atoms with van der Waals surface area (Å²) in [6.45, 7) is 0.438. The Hall–Kier alpha value is -2.89. The van der Waals surface area contributed by atoms with Crippen molar-refractivity contribution in [3.05, 3.63) is 66.2 Å². The zero-order valence-electron chi connectivity index (χ0n) is 10.5. The van der Waals surface area contributed by atoms with Crippen molar-refractivity contribution in [1.29, 1.82) is 0 Å². The number of nitrogens with zero attached hydrogens (tertiary/aromatic N) is 4. The minimum Gasteiger partial charge on any atom is -0.478 e. The van der Waals surface area contributed by atoms with E-state index in [1.807, 2.05) is 42.6 Å². The highest BCUT2D eigenvalue weighted by Crippen LogP contribution is 2.08. The molecule has 0 radical (unpaired) electrons. The molecule has 0 saturated carbocycles. The molecule has 0 spiro atoms. The Labute approximate surface area is 114 Å². The minimum absolute atomic E-state index is 0.174. The molecule has 3 aromatic rings. The van der Waals surface area contributed by atoms with Crippen molar-refractivity contribution in [3.63, 3.8) is 0 Å². The Balaban J connectivity index is 1.78. The van der Waals surface area contributed by atoms with E-state index in [-0.39, 0.29) is 5.56 Å². The quantitative estimate of drug-likeness (QED) is 0.783. The highest BCUT2D eigenvalue weighted by atomic mass is 16.4. The lowest BCUT2D eigenvalue weighted by molar-refractivity contribution is 0.0697. The number of rotatable bonds is 4. The molecule has 1 aromatic carbocycles. The van der Waals surface area contributed by atoms with E-state index in [4.69, 9.17) is 5.11 Å². The minimum atomic E-state index is -0.980. The van der Waals surface area contributed by atoms with Crippen molar-refractivity contribution >= 4 is 5.97 Å². The van der Waals surface area contributed by atoms with Gasteiger partial charge in [0, 0.05) is 12.4 Å². The van der Waals surface area contributed by atoms with Gasteiger partial charge in [-0.15, -0.1) is 0 Å². The summed E-state index contributed by atoms with van der Waals surface area (Å²) < 4.78 is 3.33. The van der Waals surface area contributed by atoms with Gasteiger partial charge in [-0.3, -0.25) is 4.68 Å². The van der Waals surface area contributed by atoms with E-state index in [1.165, 1.54) is 12.4 Å². The Kier molecular flexibility index (Phi) is 3.04. The van der Waals surface area contributed by atoms with Crippen LogP contribution in [0.15, 0.2) is 55.0 Å². The fourth-order valence-corrected chi connectivity index (χ4v) is 1.90. The number of carbonyl (C=O) groups is 1. The Bertz CT molecular complexity index is 730. The average molecular weight is 268 g/mol. The summed E-state index contributed by atoms with van der Waals surface area (Å²) in [6, 6.07) is 11.7. The van der Waals surface area contributed by atoms with E-state index in [0.29, 0.717) is 6.54 Å². The number of carboxylic acids is 1. The molecule has 0 bridgehead atoms. The molecule has 6 nitrogen and oxygen atoms in total. The first-order chi connectivity index (χ1) is 9.72. The first-order valence-electron chi connectivity index (χ1n) is 6.08. The summed E-state index contributed by atoms with van der Waals surface area (Å²) in [5.41, 5.74) is 1.96. The highest BCUT2D eigenvalue weighted by Gasteiger charge is 2.07. The van der Waals surface area contributed by atoms with Crippen molar-refractivity contribution in [2.75, 3.05) is 0 Å². The van der Waals surface area contributed by atoms with Crippen LogP contribution in [0.4, 0.5) is 0 Å². The molecule has 20 heavy (non-hydrogen) atoms. The second-order valence-electron chi connectivity index (χ2n) is 4.32. The molecule has 0 aliphatic carbocycles. The zero-order valence-corrected chi connectivity index (χ0v) is 10.5. The molecule has 6 heteroatoms. The maximum atomic E-state index is 10.8. The van der Waals surface area contributed by atoms with Gasteiger partial charge in [0.1, 0.15) is 0 Å². The van der Waals surface area contributed by atoms with Crippen LogP contribution in [-0.2, 0) is 6.54 Å². The molecule has 0 aliphatic rings. The van der Waals surface area contributed by atoms with E-state index >= 15 is 0 Å². The molecular formula is C14H12N4O2. The Morgan fingerprint density at radius 3 is 2.70 bits per heavy atom. The second-order valence-corrected chi connectivity index (χ2v) is 4.32. The van der Waals surface area contributed by atoms with Gasteiger partial charge >= 0.3 is 5.97 Å². The fraction of sp³-hybridized carbons (Fsp3) is 0.0714. The molecule has 0 atom stereocenters. The number of aromatic nitrogens is 4. The van der Waals surface area contributed by atoms with Crippen molar-refractivity contribution in [2.24, 2.45) is 0 Å². The van der Waals surface area contributed by atoms with Crippen LogP contribution in [0.5, 0.6) is 0 Å². The second kappa shape index (κ2) is 5.00.